The summed E-state index contributed by atoms with van der Waals surface area (Å²) in [5, 5.41) is 9.84. The van der Waals surface area contributed by atoms with Crippen molar-refractivity contribution in [1.29, 1.82) is 0 Å². The third-order valence-electron chi connectivity index (χ3n) is 3.67. The highest BCUT2D eigenvalue weighted by Gasteiger charge is 2.40. The standard InChI is InChI=1S/C15H11Cl2NO2.H3O4P/c1-15(2)8-5-7(19)3-4-10(8)18-11-6-9(16)14(20)13(17)12(11)15;1-5(2,3)4/h3-6,19H,1-2H3;(H3,1,2,3,4). The van der Waals surface area contributed by atoms with Gasteiger partial charge >= 0.3 is 7.82 Å². The molecule has 0 unspecified atom stereocenters. The average molecular weight is 406 g/mol. The number of phenolic OH excluding ortho intramolecular Hbond substituents is 1. The van der Waals surface area contributed by atoms with Crippen LogP contribution >= 0.6 is 31.0 Å². The largest absolute Gasteiger partial charge is 0.508 e. The molecule has 1 aliphatic carbocycles. The molecule has 2 aliphatic rings. The van der Waals surface area contributed by atoms with Crippen LogP contribution < -0.4 is 0 Å². The van der Waals surface area contributed by atoms with Gasteiger partial charge in [-0.2, -0.15) is 0 Å². The Balaban J connectivity index is 0.000000399. The van der Waals surface area contributed by atoms with E-state index in [0.717, 1.165) is 11.3 Å². The van der Waals surface area contributed by atoms with E-state index in [1.165, 1.54) is 0 Å². The fourth-order valence-electron chi connectivity index (χ4n) is 2.66. The maximum absolute atomic E-state index is 12.0. The summed E-state index contributed by atoms with van der Waals surface area (Å²) in [7, 11) is -4.64. The SMILES string of the molecule is CC1(C)C2=C(Cl)C(=O)C(Cl)=CC2=Nc2ccc(O)cc21.O=P(O)(O)O. The number of benzene rings is 1. The second-order valence-corrected chi connectivity index (χ2v) is 7.66. The van der Waals surface area contributed by atoms with Crippen LogP contribution in [0.3, 0.4) is 0 Å². The lowest BCUT2D eigenvalue weighted by atomic mass is 9.71. The number of hydrogen-bond donors (Lipinski definition) is 4. The molecular formula is C15H14Cl2NO6P. The first-order valence-electron chi connectivity index (χ1n) is 6.85. The molecule has 10 heteroatoms. The van der Waals surface area contributed by atoms with Crippen molar-refractivity contribution >= 4 is 48.2 Å². The molecule has 1 heterocycles. The van der Waals surface area contributed by atoms with Gasteiger partial charge in [-0.25, -0.2) is 9.56 Å². The van der Waals surface area contributed by atoms with E-state index in [9.17, 15) is 9.90 Å². The predicted molar refractivity (Wildman–Crippen MR) is 94.3 cm³/mol. The fraction of sp³-hybridized carbons (Fsp3) is 0.200. The minimum atomic E-state index is -4.64. The van der Waals surface area contributed by atoms with Gasteiger partial charge < -0.3 is 19.8 Å². The summed E-state index contributed by atoms with van der Waals surface area (Å²) in [5.41, 5.74) is 2.28. The Morgan fingerprint density at radius 3 is 2.28 bits per heavy atom. The van der Waals surface area contributed by atoms with Crippen molar-refractivity contribution in [3.63, 3.8) is 0 Å². The minimum Gasteiger partial charge on any atom is -0.508 e. The molecule has 0 spiro atoms. The van der Waals surface area contributed by atoms with E-state index >= 15 is 0 Å². The Kier molecular flexibility index (Phi) is 5.31. The number of aromatic hydroxyl groups is 1. The van der Waals surface area contributed by atoms with E-state index in [0.29, 0.717) is 11.3 Å². The molecule has 0 bridgehead atoms. The Morgan fingerprint density at radius 1 is 1.16 bits per heavy atom. The van der Waals surface area contributed by atoms with Gasteiger partial charge in [0.25, 0.3) is 0 Å². The zero-order valence-electron chi connectivity index (χ0n) is 13.1. The van der Waals surface area contributed by atoms with Crippen LogP contribution in [-0.2, 0) is 14.8 Å². The molecule has 4 N–H and O–H groups in total. The van der Waals surface area contributed by atoms with Crippen LogP contribution in [0.4, 0.5) is 5.69 Å². The van der Waals surface area contributed by atoms with Gasteiger partial charge in [0.15, 0.2) is 0 Å². The molecule has 0 atom stereocenters. The number of allylic oxidation sites excluding steroid dienone is 4. The Bertz CT molecular complexity index is 889. The van der Waals surface area contributed by atoms with E-state index in [1.54, 1.807) is 24.3 Å². The van der Waals surface area contributed by atoms with Gasteiger partial charge in [-0.15, -0.1) is 0 Å². The van der Waals surface area contributed by atoms with Crippen LogP contribution in [0.1, 0.15) is 19.4 Å². The minimum absolute atomic E-state index is 0.0653. The number of fused-ring (bicyclic) bond motifs is 2. The summed E-state index contributed by atoms with van der Waals surface area (Å²) < 4.78 is 8.88. The van der Waals surface area contributed by atoms with Gasteiger partial charge in [-0.1, -0.05) is 37.0 Å². The first-order valence-corrected chi connectivity index (χ1v) is 9.17. The number of halogens is 2. The summed E-state index contributed by atoms with van der Waals surface area (Å²) >= 11 is 12.1. The number of rotatable bonds is 0. The van der Waals surface area contributed by atoms with Gasteiger partial charge in [0.05, 0.1) is 21.5 Å². The summed E-state index contributed by atoms with van der Waals surface area (Å²) in [6.45, 7) is 3.88. The number of carbonyl (C=O) groups excluding carboxylic acids is 1. The highest BCUT2D eigenvalue weighted by atomic mass is 35.5. The van der Waals surface area contributed by atoms with Crippen LogP contribution in [0, 0.1) is 0 Å². The molecule has 0 saturated carbocycles. The summed E-state index contributed by atoms with van der Waals surface area (Å²) in [4.78, 5) is 38.0. The van der Waals surface area contributed by atoms with Gasteiger partial charge in [-0.05, 0) is 29.8 Å². The first kappa shape index (κ1) is 19.8. The smallest absolute Gasteiger partial charge is 0.466 e. The molecule has 134 valence electrons. The Morgan fingerprint density at radius 2 is 1.72 bits per heavy atom. The van der Waals surface area contributed by atoms with Crippen LogP contribution in [0.15, 0.2) is 44.9 Å². The van der Waals surface area contributed by atoms with E-state index in [4.69, 9.17) is 42.4 Å². The van der Waals surface area contributed by atoms with Crippen molar-refractivity contribution < 1.29 is 29.1 Å². The topological polar surface area (TPSA) is 127 Å². The lowest BCUT2D eigenvalue weighted by molar-refractivity contribution is -0.111. The third-order valence-corrected chi connectivity index (χ3v) is 4.32. The zero-order valence-corrected chi connectivity index (χ0v) is 15.5. The van der Waals surface area contributed by atoms with Crippen molar-refractivity contribution in [2.75, 3.05) is 0 Å². The molecule has 0 amide bonds. The third kappa shape index (κ3) is 4.20. The van der Waals surface area contributed by atoms with E-state index in [1.807, 2.05) is 13.8 Å². The number of ketones is 1. The van der Waals surface area contributed by atoms with E-state index in [-0.39, 0.29) is 21.6 Å². The van der Waals surface area contributed by atoms with Crippen LogP contribution in [0.2, 0.25) is 0 Å². The van der Waals surface area contributed by atoms with Crippen molar-refractivity contribution in [3.8, 4) is 5.75 Å². The number of Topliss-reactive ketones (excluding diaryl/α,β-unsaturated/α-hetero) is 1. The molecule has 1 aromatic carbocycles. The van der Waals surface area contributed by atoms with Gasteiger partial charge in [-0.3, -0.25) is 4.79 Å². The maximum Gasteiger partial charge on any atom is 0.466 e. The lowest BCUT2D eigenvalue weighted by Gasteiger charge is -2.35. The van der Waals surface area contributed by atoms with E-state index in [2.05, 4.69) is 4.99 Å². The molecule has 0 fully saturated rings. The highest BCUT2D eigenvalue weighted by Crippen LogP contribution is 2.47. The maximum atomic E-state index is 12.0. The van der Waals surface area contributed by atoms with Crippen molar-refractivity contribution in [3.05, 3.63) is 45.5 Å². The van der Waals surface area contributed by atoms with E-state index < -0.39 is 13.2 Å². The van der Waals surface area contributed by atoms with Gasteiger partial charge in [0.1, 0.15) is 5.75 Å². The Hall–Kier alpha value is -1.47. The number of phenols is 1. The number of nitrogens with zero attached hydrogens (tertiary/aromatic N) is 1. The quantitative estimate of drug-likeness (QED) is 0.388. The number of carbonyl (C=O) groups is 1. The lowest BCUT2D eigenvalue weighted by Crippen LogP contribution is -2.32. The summed E-state index contributed by atoms with van der Waals surface area (Å²) in [6, 6.07) is 4.97. The molecule has 1 aliphatic heterocycles. The van der Waals surface area contributed by atoms with Crippen molar-refractivity contribution in [1.82, 2.24) is 0 Å². The van der Waals surface area contributed by atoms with Crippen molar-refractivity contribution in [2.45, 2.75) is 19.3 Å². The fourth-order valence-corrected chi connectivity index (χ4v) is 3.34. The molecule has 25 heavy (non-hydrogen) atoms. The first-order chi connectivity index (χ1) is 11.3. The second kappa shape index (κ2) is 6.68. The van der Waals surface area contributed by atoms with Crippen LogP contribution in [-0.4, -0.2) is 31.3 Å². The molecule has 0 radical (unpaired) electrons. The molecular weight excluding hydrogens is 392 g/mol. The highest BCUT2D eigenvalue weighted by molar-refractivity contribution is 7.45. The Labute approximate surface area is 153 Å². The zero-order chi connectivity index (χ0) is 19.2. The molecule has 7 nitrogen and oxygen atoms in total. The monoisotopic (exact) mass is 405 g/mol. The second-order valence-electron chi connectivity index (χ2n) is 5.85. The van der Waals surface area contributed by atoms with Gasteiger partial charge in [0, 0.05) is 11.0 Å². The average Bonchev–Trinajstić information content (AvgIpc) is 2.43. The predicted octanol–water partition coefficient (Wildman–Crippen LogP) is 3.03. The van der Waals surface area contributed by atoms with Crippen LogP contribution in [0.5, 0.6) is 5.75 Å². The van der Waals surface area contributed by atoms with Crippen LogP contribution in [0.25, 0.3) is 0 Å². The molecule has 0 saturated heterocycles. The molecule has 0 aromatic heterocycles. The number of hydrogen-bond acceptors (Lipinski definition) is 4. The normalized spacial score (nSPS) is 18.4. The van der Waals surface area contributed by atoms with Crippen molar-refractivity contribution in [2.24, 2.45) is 4.99 Å². The summed E-state index contributed by atoms with van der Waals surface area (Å²) in [5.74, 6) is -0.234. The summed E-state index contributed by atoms with van der Waals surface area (Å²) in [6.07, 6.45) is 1.54. The number of phosphoric acid groups is 1. The molecule has 3 rings (SSSR count). The molecule has 1 aromatic rings. The number of aliphatic imine (C=N–C) groups is 1. The van der Waals surface area contributed by atoms with Gasteiger partial charge in [0.2, 0.25) is 5.78 Å².